The molecule has 1 aliphatic heterocycles. The van der Waals surface area contributed by atoms with Crippen molar-refractivity contribution in [3.05, 3.63) is 35.6 Å². The van der Waals surface area contributed by atoms with Crippen LogP contribution in [0.3, 0.4) is 0 Å². The SMILES string of the molecule is CCOC(=O)C1CCN(C(=O)NC(c2ccc(F)cc2)C2CCC2)CC1. The maximum atomic E-state index is 13.2. The van der Waals surface area contributed by atoms with Crippen LogP contribution in [-0.2, 0) is 9.53 Å². The van der Waals surface area contributed by atoms with Crippen LogP contribution in [-0.4, -0.2) is 36.6 Å². The van der Waals surface area contributed by atoms with Crippen LogP contribution in [0, 0.1) is 17.7 Å². The molecule has 2 fully saturated rings. The Morgan fingerprint density at radius 3 is 2.38 bits per heavy atom. The van der Waals surface area contributed by atoms with Crippen molar-refractivity contribution < 1.29 is 18.7 Å². The molecule has 1 heterocycles. The molecule has 0 radical (unpaired) electrons. The number of halogens is 1. The Kier molecular flexibility index (Phi) is 6.12. The monoisotopic (exact) mass is 362 g/mol. The van der Waals surface area contributed by atoms with Gasteiger partial charge in [-0.25, -0.2) is 9.18 Å². The van der Waals surface area contributed by atoms with Gasteiger partial charge in [-0.15, -0.1) is 0 Å². The van der Waals surface area contributed by atoms with Crippen molar-refractivity contribution in [3.8, 4) is 0 Å². The Balaban J connectivity index is 1.58. The average Bonchev–Trinajstić information content (AvgIpc) is 2.60. The summed E-state index contributed by atoms with van der Waals surface area (Å²) in [6.45, 7) is 3.29. The number of nitrogens with zero attached hydrogens (tertiary/aromatic N) is 1. The Morgan fingerprint density at radius 1 is 1.19 bits per heavy atom. The number of piperidine rings is 1. The van der Waals surface area contributed by atoms with Crippen molar-refractivity contribution in [2.75, 3.05) is 19.7 Å². The van der Waals surface area contributed by atoms with E-state index in [2.05, 4.69) is 5.32 Å². The first-order valence-electron chi connectivity index (χ1n) is 9.56. The molecule has 1 unspecified atom stereocenters. The highest BCUT2D eigenvalue weighted by atomic mass is 19.1. The third-order valence-corrected chi connectivity index (χ3v) is 5.53. The molecule has 2 aliphatic rings. The Hall–Kier alpha value is -2.11. The van der Waals surface area contributed by atoms with Gasteiger partial charge in [-0.2, -0.15) is 0 Å². The molecule has 1 saturated heterocycles. The summed E-state index contributed by atoms with van der Waals surface area (Å²) in [5.41, 5.74) is 0.950. The first kappa shape index (κ1) is 18.7. The van der Waals surface area contributed by atoms with Crippen LogP contribution in [0.5, 0.6) is 0 Å². The van der Waals surface area contributed by atoms with Gasteiger partial charge in [-0.05, 0) is 56.2 Å². The van der Waals surface area contributed by atoms with Crippen LogP contribution < -0.4 is 5.32 Å². The second kappa shape index (κ2) is 8.52. The van der Waals surface area contributed by atoms with E-state index in [9.17, 15) is 14.0 Å². The van der Waals surface area contributed by atoms with E-state index in [1.54, 1.807) is 24.0 Å². The summed E-state index contributed by atoms with van der Waals surface area (Å²) in [7, 11) is 0. The molecule has 26 heavy (non-hydrogen) atoms. The molecule has 1 atom stereocenters. The van der Waals surface area contributed by atoms with Crippen molar-refractivity contribution in [3.63, 3.8) is 0 Å². The minimum atomic E-state index is -0.270. The molecular formula is C20H27FN2O3. The van der Waals surface area contributed by atoms with Crippen LogP contribution in [0.15, 0.2) is 24.3 Å². The standard InChI is InChI=1S/C20H27FN2O3/c1-2-26-19(24)16-10-12-23(13-11-16)20(25)22-18(14-4-3-5-14)15-6-8-17(21)9-7-15/h6-9,14,16,18H,2-5,10-13H2,1H3,(H,22,25). The Morgan fingerprint density at radius 2 is 1.85 bits per heavy atom. The number of amides is 2. The summed E-state index contributed by atoms with van der Waals surface area (Å²) in [4.78, 5) is 26.3. The van der Waals surface area contributed by atoms with Crippen molar-refractivity contribution >= 4 is 12.0 Å². The lowest BCUT2D eigenvalue weighted by Gasteiger charge is -2.37. The van der Waals surface area contributed by atoms with E-state index in [1.165, 1.54) is 18.6 Å². The smallest absolute Gasteiger partial charge is 0.317 e. The van der Waals surface area contributed by atoms with E-state index >= 15 is 0 Å². The minimum Gasteiger partial charge on any atom is -0.466 e. The van der Waals surface area contributed by atoms with Gasteiger partial charge >= 0.3 is 12.0 Å². The van der Waals surface area contributed by atoms with E-state index in [0.29, 0.717) is 38.5 Å². The number of benzene rings is 1. The fourth-order valence-corrected chi connectivity index (χ4v) is 3.72. The molecule has 2 amide bonds. The van der Waals surface area contributed by atoms with Crippen LogP contribution in [0.1, 0.15) is 50.6 Å². The number of carbonyl (C=O) groups is 2. The fourth-order valence-electron chi connectivity index (χ4n) is 3.72. The molecule has 0 spiro atoms. The molecule has 0 aromatic heterocycles. The molecule has 142 valence electrons. The molecule has 5 nitrogen and oxygen atoms in total. The molecule has 1 N–H and O–H groups in total. The van der Waals surface area contributed by atoms with Gasteiger partial charge in [0.1, 0.15) is 5.82 Å². The maximum absolute atomic E-state index is 13.2. The fraction of sp³-hybridized carbons (Fsp3) is 0.600. The Bertz CT molecular complexity index is 622. The summed E-state index contributed by atoms with van der Waals surface area (Å²) < 4.78 is 18.3. The van der Waals surface area contributed by atoms with Gasteiger partial charge in [-0.3, -0.25) is 4.79 Å². The number of likely N-dealkylation sites (tertiary alicyclic amines) is 1. The van der Waals surface area contributed by atoms with Crippen LogP contribution in [0.2, 0.25) is 0 Å². The van der Waals surface area contributed by atoms with E-state index in [-0.39, 0.29) is 29.8 Å². The number of carbonyl (C=O) groups excluding carboxylic acids is 2. The van der Waals surface area contributed by atoms with Crippen LogP contribution >= 0.6 is 0 Å². The highest BCUT2D eigenvalue weighted by Crippen LogP contribution is 2.38. The summed E-state index contributed by atoms with van der Waals surface area (Å²) >= 11 is 0. The van der Waals surface area contributed by atoms with Crippen molar-refractivity contribution in [1.82, 2.24) is 10.2 Å². The predicted molar refractivity (Wildman–Crippen MR) is 95.9 cm³/mol. The number of hydrogen-bond acceptors (Lipinski definition) is 3. The lowest BCUT2D eigenvalue weighted by Crippen LogP contribution is -2.48. The predicted octanol–water partition coefficient (Wildman–Crippen LogP) is 3.65. The third kappa shape index (κ3) is 4.34. The minimum absolute atomic E-state index is 0.0837. The van der Waals surface area contributed by atoms with Gasteiger partial charge in [0.2, 0.25) is 0 Å². The zero-order valence-electron chi connectivity index (χ0n) is 15.2. The van der Waals surface area contributed by atoms with Crippen LogP contribution in [0.4, 0.5) is 9.18 Å². The van der Waals surface area contributed by atoms with Crippen molar-refractivity contribution in [2.24, 2.45) is 11.8 Å². The molecular weight excluding hydrogens is 335 g/mol. The highest BCUT2D eigenvalue weighted by molar-refractivity contribution is 5.76. The van der Waals surface area contributed by atoms with E-state index in [0.717, 1.165) is 18.4 Å². The molecule has 6 heteroatoms. The van der Waals surface area contributed by atoms with Crippen LogP contribution in [0.25, 0.3) is 0 Å². The topological polar surface area (TPSA) is 58.6 Å². The number of urea groups is 1. The number of ether oxygens (including phenoxy) is 1. The molecule has 0 bridgehead atoms. The lowest BCUT2D eigenvalue weighted by molar-refractivity contribution is -0.149. The zero-order valence-corrected chi connectivity index (χ0v) is 15.2. The maximum Gasteiger partial charge on any atom is 0.317 e. The largest absolute Gasteiger partial charge is 0.466 e. The summed E-state index contributed by atoms with van der Waals surface area (Å²) in [6.07, 6.45) is 4.59. The van der Waals surface area contributed by atoms with Crippen molar-refractivity contribution in [1.29, 1.82) is 0 Å². The third-order valence-electron chi connectivity index (χ3n) is 5.53. The zero-order chi connectivity index (χ0) is 18.5. The molecule has 1 saturated carbocycles. The summed E-state index contributed by atoms with van der Waals surface area (Å²) in [6, 6.07) is 6.21. The highest BCUT2D eigenvalue weighted by Gasteiger charge is 2.33. The molecule has 3 rings (SSSR count). The Labute approximate surface area is 153 Å². The van der Waals surface area contributed by atoms with Gasteiger partial charge in [0.15, 0.2) is 0 Å². The second-order valence-corrected chi connectivity index (χ2v) is 7.18. The van der Waals surface area contributed by atoms with Gasteiger partial charge in [0.05, 0.1) is 18.6 Å². The number of nitrogens with one attached hydrogen (secondary N) is 1. The van der Waals surface area contributed by atoms with E-state index < -0.39 is 0 Å². The van der Waals surface area contributed by atoms with Crippen molar-refractivity contribution in [2.45, 2.75) is 45.1 Å². The van der Waals surface area contributed by atoms with Gasteiger partial charge in [-0.1, -0.05) is 18.6 Å². The van der Waals surface area contributed by atoms with Gasteiger partial charge in [0.25, 0.3) is 0 Å². The van der Waals surface area contributed by atoms with E-state index in [4.69, 9.17) is 4.74 Å². The summed E-state index contributed by atoms with van der Waals surface area (Å²) in [5, 5.41) is 3.14. The number of rotatable bonds is 5. The number of hydrogen-bond donors (Lipinski definition) is 1. The molecule has 1 aliphatic carbocycles. The van der Waals surface area contributed by atoms with E-state index in [1.807, 2.05) is 0 Å². The molecule has 1 aromatic rings. The first-order valence-corrected chi connectivity index (χ1v) is 9.56. The normalized spacial score (nSPS) is 19.5. The quantitative estimate of drug-likeness (QED) is 0.814. The van der Waals surface area contributed by atoms with Gasteiger partial charge < -0.3 is 15.0 Å². The second-order valence-electron chi connectivity index (χ2n) is 7.18. The lowest BCUT2D eigenvalue weighted by atomic mass is 9.77. The van der Waals surface area contributed by atoms with Gasteiger partial charge in [0, 0.05) is 13.1 Å². The first-order chi connectivity index (χ1) is 12.6. The average molecular weight is 362 g/mol. The number of esters is 1. The summed E-state index contributed by atoms with van der Waals surface area (Å²) in [5.74, 6) is -0.139. The molecule has 1 aromatic carbocycles.